The third-order valence-electron chi connectivity index (χ3n) is 6.33. The van der Waals surface area contributed by atoms with E-state index in [1.807, 2.05) is 25.1 Å². The van der Waals surface area contributed by atoms with Gasteiger partial charge in [-0.2, -0.15) is 0 Å². The topological polar surface area (TPSA) is 78.3 Å². The highest BCUT2D eigenvalue weighted by Gasteiger charge is 2.29. The average Bonchev–Trinajstić information content (AvgIpc) is 3.51. The summed E-state index contributed by atoms with van der Waals surface area (Å²) in [4.78, 5) is 31.4. The lowest BCUT2D eigenvalue weighted by Crippen LogP contribution is -2.53. The number of carbonyl (C=O) groups is 2. The Hall–Kier alpha value is -3.00. The Balaban J connectivity index is 1.34. The van der Waals surface area contributed by atoms with Gasteiger partial charge in [0, 0.05) is 38.3 Å². The summed E-state index contributed by atoms with van der Waals surface area (Å²) in [5.74, 6) is 1.79. The zero-order valence-corrected chi connectivity index (χ0v) is 18.9. The van der Waals surface area contributed by atoms with Crippen molar-refractivity contribution in [3.8, 4) is 5.75 Å². The Morgan fingerprint density at radius 1 is 1.00 bits per heavy atom. The second-order valence-corrected chi connectivity index (χ2v) is 8.38. The van der Waals surface area contributed by atoms with Crippen LogP contribution in [0, 0.1) is 6.92 Å². The molecule has 0 spiro atoms. The number of nitrogens with one attached hydrogen (secondary N) is 1. The number of ether oxygens (including phenoxy) is 1. The zero-order chi connectivity index (χ0) is 22.5. The van der Waals surface area contributed by atoms with E-state index < -0.39 is 0 Å². The number of para-hydroxylation sites is 1. The van der Waals surface area contributed by atoms with E-state index in [9.17, 15) is 9.59 Å². The molecule has 0 saturated carbocycles. The first-order chi connectivity index (χ1) is 15.6. The number of benzene rings is 1. The average molecular weight is 441 g/mol. The molecule has 1 atom stereocenters. The number of furan rings is 1. The normalized spacial score (nSPS) is 17.9. The van der Waals surface area contributed by atoms with E-state index in [1.54, 1.807) is 29.0 Å². The number of hydrogen-bond donors (Lipinski definition) is 1. The van der Waals surface area contributed by atoms with Crippen molar-refractivity contribution in [1.82, 2.24) is 20.0 Å². The van der Waals surface area contributed by atoms with E-state index in [1.165, 1.54) is 12.8 Å². The van der Waals surface area contributed by atoms with Crippen molar-refractivity contribution in [3.63, 3.8) is 0 Å². The maximum Gasteiger partial charge on any atom is 0.317 e. The Bertz CT molecular complexity index is 930. The van der Waals surface area contributed by atoms with Gasteiger partial charge in [0.1, 0.15) is 11.5 Å². The summed E-state index contributed by atoms with van der Waals surface area (Å²) in [7, 11) is 1.68. The Morgan fingerprint density at radius 2 is 1.69 bits per heavy atom. The second kappa shape index (κ2) is 10.1. The van der Waals surface area contributed by atoms with Gasteiger partial charge in [-0.1, -0.05) is 18.2 Å². The molecule has 1 N–H and O–H groups in total. The van der Waals surface area contributed by atoms with Gasteiger partial charge in [0.05, 0.1) is 13.2 Å². The molecule has 2 aliphatic heterocycles. The van der Waals surface area contributed by atoms with Crippen molar-refractivity contribution in [3.05, 3.63) is 53.5 Å². The van der Waals surface area contributed by atoms with Crippen LogP contribution in [0.15, 0.2) is 40.8 Å². The molecule has 4 rings (SSSR count). The van der Waals surface area contributed by atoms with Crippen molar-refractivity contribution in [2.24, 2.45) is 0 Å². The van der Waals surface area contributed by atoms with Crippen LogP contribution in [-0.2, 0) is 0 Å². The number of rotatable bonds is 6. The molecule has 172 valence electrons. The van der Waals surface area contributed by atoms with Gasteiger partial charge in [-0.05, 0) is 51.1 Å². The molecule has 0 radical (unpaired) electrons. The van der Waals surface area contributed by atoms with E-state index >= 15 is 0 Å². The summed E-state index contributed by atoms with van der Waals surface area (Å²) in [6.07, 6.45) is 2.34. The highest BCUT2D eigenvalue weighted by Crippen LogP contribution is 2.31. The largest absolute Gasteiger partial charge is 0.496 e. The van der Waals surface area contributed by atoms with Crippen molar-refractivity contribution in [1.29, 1.82) is 0 Å². The molecule has 1 aromatic carbocycles. The summed E-state index contributed by atoms with van der Waals surface area (Å²) in [6, 6.07) is 11.5. The fourth-order valence-corrected chi connectivity index (χ4v) is 4.54. The van der Waals surface area contributed by atoms with Crippen molar-refractivity contribution < 1.29 is 18.7 Å². The molecule has 2 aromatic rings. The van der Waals surface area contributed by atoms with Gasteiger partial charge >= 0.3 is 6.03 Å². The Kier molecular flexibility index (Phi) is 6.99. The van der Waals surface area contributed by atoms with Gasteiger partial charge in [0.2, 0.25) is 0 Å². The highest BCUT2D eigenvalue weighted by atomic mass is 16.5. The molecule has 3 amide bonds. The lowest BCUT2D eigenvalue weighted by atomic mass is 10.0. The minimum atomic E-state index is -0.122. The van der Waals surface area contributed by atoms with E-state index in [4.69, 9.17) is 9.15 Å². The molecular weight excluding hydrogens is 408 g/mol. The first kappa shape index (κ1) is 22.2. The molecule has 8 nitrogen and oxygen atoms in total. The molecule has 0 aliphatic carbocycles. The molecule has 2 fully saturated rings. The summed E-state index contributed by atoms with van der Waals surface area (Å²) < 4.78 is 11.0. The number of piperazine rings is 1. The first-order valence-corrected chi connectivity index (χ1v) is 11.3. The molecule has 32 heavy (non-hydrogen) atoms. The van der Waals surface area contributed by atoms with Crippen LogP contribution >= 0.6 is 0 Å². The fourth-order valence-electron chi connectivity index (χ4n) is 4.54. The van der Waals surface area contributed by atoms with Crippen LogP contribution in [0.3, 0.4) is 0 Å². The number of aryl methyl sites for hydroxylation is 1. The quantitative estimate of drug-likeness (QED) is 0.747. The molecular formula is C24H32N4O4. The highest BCUT2D eigenvalue weighted by molar-refractivity contribution is 5.91. The smallest absolute Gasteiger partial charge is 0.317 e. The molecule has 0 bridgehead atoms. The summed E-state index contributed by atoms with van der Waals surface area (Å²) >= 11 is 0. The van der Waals surface area contributed by atoms with E-state index in [0.29, 0.717) is 44.2 Å². The minimum Gasteiger partial charge on any atom is -0.496 e. The SMILES string of the molecule is COc1ccccc1C(CNC(=O)N1CCN(C(=O)c2ccc(C)o2)CC1)N1CCCC1. The standard InChI is InChI=1S/C24H32N4O4/c1-18-9-10-22(32-18)23(29)27-13-15-28(16-14-27)24(30)25-17-20(26-11-5-6-12-26)19-7-3-4-8-21(19)31-2/h3-4,7-10,20H,5-6,11-17H2,1-2H3,(H,25,30). The molecule has 8 heteroatoms. The minimum absolute atomic E-state index is 0.0719. The Labute approximate surface area is 189 Å². The second-order valence-electron chi connectivity index (χ2n) is 8.38. The van der Waals surface area contributed by atoms with Crippen LogP contribution in [0.2, 0.25) is 0 Å². The summed E-state index contributed by atoms with van der Waals surface area (Å²) in [5, 5.41) is 3.13. The summed E-state index contributed by atoms with van der Waals surface area (Å²) in [6.45, 7) is 6.36. The molecule has 3 heterocycles. The van der Waals surface area contributed by atoms with Crippen molar-refractivity contribution in [2.45, 2.75) is 25.8 Å². The van der Waals surface area contributed by atoms with E-state index in [0.717, 1.165) is 24.4 Å². The van der Waals surface area contributed by atoms with Gasteiger partial charge < -0.3 is 24.3 Å². The van der Waals surface area contributed by atoms with Crippen LogP contribution in [0.1, 0.15) is 40.8 Å². The number of carbonyl (C=O) groups excluding carboxylic acids is 2. The molecule has 2 saturated heterocycles. The van der Waals surface area contributed by atoms with Crippen LogP contribution < -0.4 is 10.1 Å². The maximum atomic E-state index is 12.9. The number of methoxy groups -OCH3 is 1. The number of urea groups is 1. The lowest BCUT2D eigenvalue weighted by Gasteiger charge is -2.35. The van der Waals surface area contributed by atoms with E-state index in [-0.39, 0.29) is 18.0 Å². The fraction of sp³-hybridized carbons (Fsp3) is 0.500. The first-order valence-electron chi connectivity index (χ1n) is 11.3. The van der Waals surface area contributed by atoms with Crippen molar-refractivity contribution >= 4 is 11.9 Å². The number of likely N-dealkylation sites (tertiary alicyclic amines) is 1. The molecule has 1 unspecified atom stereocenters. The van der Waals surface area contributed by atoms with Crippen LogP contribution in [0.25, 0.3) is 0 Å². The van der Waals surface area contributed by atoms with Crippen LogP contribution in [-0.4, -0.2) is 79.6 Å². The van der Waals surface area contributed by atoms with E-state index in [2.05, 4.69) is 16.3 Å². The predicted molar refractivity (Wildman–Crippen MR) is 121 cm³/mol. The van der Waals surface area contributed by atoms with Crippen molar-refractivity contribution in [2.75, 3.05) is 52.9 Å². The van der Waals surface area contributed by atoms with Gasteiger partial charge in [0.25, 0.3) is 5.91 Å². The maximum absolute atomic E-state index is 12.9. The van der Waals surface area contributed by atoms with Gasteiger partial charge in [-0.15, -0.1) is 0 Å². The van der Waals surface area contributed by atoms with Crippen LogP contribution in [0.4, 0.5) is 4.79 Å². The number of nitrogens with zero attached hydrogens (tertiary/aromatic N) is 3. The lowest BCUT2D eigenvalue weighted by molar-refractivity contribution is 0.0631. The third-order valence-corrected chi connectivity index (χ3v) is 6.33. The molecule has 2 aliphatic rings. The summed E-state index contributed by atoms with van der Waals surface area (Å²) in [5.41, 5.74) is 1.10. The predicted octanol–water partition coefficient (Wildman–Crippen LogP) is 2.90. The number of amides is 3. The monoisotopic (exact) mass is 440 g/mol. The molecule has 1 aromatic heterocycles. The number of hydrogen-bond acceptors (Lipinski definition) is 5. The third kappa shape index (κ3) is 4.91. The zero-order valence-electron chi connectivity index (χ0n) is 18.9. The van der Waals surface area contributed by atoms with Gasteiger partial charge in [-0.25, -0.2) is 4.79 Å². The van der Waals surface area contributed by atoms with Crippen LogP contribution in [0.5, 0.6) is 5.75 Å². The van der Waals surface area contributed by atoms with Gasteiger partial charge in [0.15, 0.2) is 5.76 Å². The Morgan fingerprint density at radius 3 is 2.34 bits per heavy atom. The van der Waals surface area contributed by atoms with Gasteiger partial charge in [-0.3, -0.25) is 9.69 Å².